The topological polar surface area (TPSA) is 38.7 Å². The average Bonchev–Trinajstić information content (AvgIpc) is 4.13. The van der Waals surface area contributed by atoms with Gasteiger partial charge in [0.2, 0.25) is 0 Å². The minimum Gasteiger partial charge on any atom is -0.208 e. The summed E-state index contributed by atoms with van der Waals surface area (Å²) in [4.78, 5) is 17.1. The van der Waals surface area contributed by atoms with Crippen molar-refractivity contribution < 1.29 is 0 Å². The molecule has 1 aromatic heterocycles. The van der Waals surface area contributed by atoms with Crippen molar-refractivity contribution in [2.45, 2.75) is 75.5 Å². The van der Waals surface area contributed by atoms with Gasteiger partial charge < -0.3 is 0 Å². The van der Waals surface area contributed by atoms with E-state index >= 15 is 0 Å². The van der Waals surface area contributed by atoms with Gasteiger partial charge in [-0.25, -0.2) is 15.0 Å². The molecule has 2 fully saturated rings. The highest BCUT2D eigenvalue weighted by Gasteiger charge is 2.55. The first-order valence-electron chi connectivity index (χ1n) is 27.6. The van der Waals surface area contributed by atoms with Crippen molar-refractivity contribution in [3.8, 4) is 78.7 Å². The summed E-state index contributed by atoms with van der Waals surface area (Å²) < 4.78 is 0. The van der Waals surface area contributed by atoms with Crippen LogP contribution in [-0.2, 0) is 16.2 Å². The Labute approximate surface area is 441 Å². The Morgan fingerprint density at radius 1 is 0.413 bits per heavy atom. The van der Waals surface area contributed by atoms with E-state index in [0.29, 0.717) is 23.4 Å². The van der Waals surface area contributed by atoms with Crippen molar-refractivity contribution in [2.24, 2.45) is 17.8 Å². The van der Waals surface area contributed by atoms with Gasteiger partial charge in [-0.2, -0.15) is 0 Å². The third kappa shape index (κ3) is 6.31. The van der Waals surface area contributed by atoms with Gasteiger partial charge in [0.1, 0.15) is 0 Å². The Morgan fingerprint density at radius 2 is 0.947 bits per heavy atom. The van der Waals surface area contributed by atoms with Crippen LogP contribution in [0.15, 0.2) is 212 Å². The van der Waals surface area contributed by atoms with Crippen LogP contribution in [0.4, 0.5) is 0 Å². The van der Waals surface area contributed by atoms with E-state index in [9.17, 15) is 0 Å². The van der Waals surface area contributed by atoms with Crippen LogP contribution in [0.1, 0.15) is 104 Å². The van der Waals surface area contributed by atoms with E-state index in [2.05, 4.69) is 233 Å². The Kier molecular flexibility index (Phi) is 9.93. The van der Waals surface area contributed by atoms with Crippen molar-refractivity contribution in [2.75, 3.05) is 0 Å². The largest absolute Gasteiger partial charge is 0.208 e. The molecule has 75 heavy (non-hydrogen) atoms. The van der Waals surface area contributed by atoms with Crippen LogP contribution in [0.5, 0.6) is 0 Å². The van der Waals surface area contributed by atoms with E-state index in [1.54, 1.807) is 0 Å². The fraction of sp³-hybridized carbons (Fsp3) is 0.208. The molecule has 15 rings (SSSR count). The number of rotatable bonds is 7. The maximum absolute atomic E-state index is 5.84. The van der Waals surface area contributed by atoms with Gasteiger partial charge in [0.15, 0.2) is 17.5 Å². The standard InChI is InChI=1S/C72H59N3/c1-4-45-41-46-39-40-71(51(42-45)43-46)60-32-18-15-28-53(60)55-37-38-58(64(66(55)71)48-35-36-54-52-27-14-17-31-59(52)70(2,3)63(54)44-48)69-74-67(47-21-8-5-9-22-47)73-68(75-69)57-30-20-34-62-65(57)56-29-16-19-33-61(56)72(62,49-23-10-6-11-24-49)50-25-12-7-13-26-50/h5-38,44-46,51H,4,39-43H2,1-3H3. The van der Waals surface area contributed by atoms with E-state index in [1.165, 1.54) is 121 Å². The van der Waals surface area contributed by atoms with Gasteiger partial charge in [-0.15, -0.1) is 0 Å². The molecule has 2 bridgehead atoms. The smallest absolute Gasteiger partial charge is 0.164 e. The fourth-order valence-corrected chi connectivity index (χ4v) is 15.7. The van der Waals surface area contributed by atoms with Crippen LogP contribution in [0.3, 0.4) is 0 Å². The highest BCUT2D eigenvalue weighted by molar-refractivity contribution is 5.98. The third-order valence-corrected chi connectivity index (χ3v) is 19.0. The molecule has 4 unspecified atom stereocenters. The van der Waals surface area contributed by atoms with Gasteiger partial charge in [0.25, 0.3) is 0 Å². The first kappa shape index (κ1) is 44.5. The summed E-state index contributed by atoms with van der Waals surface area (Å²) in [5.74, 6) is 4.11. The zero-order valence-corrected chi connectivity index (χ0v) is 43.0. The molecule has 0 amide bonds. The molecule has 2 saturated carbocycles. The molecule has 1 heterocycles. The molecule has 5 aliphatic rings. The minimum absolute atomic E-state index is 0.139. The molecule has 3 heteroatoms. The van der Waals surface area contributed by atoms with E-state index in [-0.39, 0.29) is 10.8 Å². The van der Waals surface area contributed by atoms with Crippen LogP contribution >= 0.6 is 0 Å². The normalized spacial score (nSPS) is 20.7. The Bertz CT molecular complexity index is 3870. The summed E-state index contributed by atoms with van der Waals surface area (Å²) in [5, 5.41) is 0. The van der Waals surface area contributed by atoms with Crippen molar-refractivity contribution in [3.63, 3.8) is 0 Å². The van der Waals surface area contributed by atoms with Crippen molar-refractivity contribution in [1.29, 1.82) is 0 Å². The second kappa shape index (κ2) is 16.8. The highest BCUT2D eigenvalue weighted by Crippen LogP contribution is 2.66. The number of fused-ring (bicyclic) bond motifs is 14. The highest BCUT2D eigenvalue weighted by atomic mass is 15.0. The lowest BCUT2D eigenvalue weighted by Crippen LogP contribution is -2.44. The van der Waals surface area contributed by atoms with E-state index in [1.807, 2.05) is 0 Å². The van der Waals surface area contributed by atoms with Crippen LogP contribution < -0.4 is 0 Å². The van der Waals surface area contributed by atoms with Crippen molar-refractivity contribution in [1.82, 2.24) is 15.0 Å². The maximum atomic E-state index is 5.84. The SMILES string of the molecule is CCC1CC2CCC3(c4ccccc4-c4ccc(-c5nc(-c6ccccc6)nc(-c6cccc7c6-c6ccccc6C7(c6ccccc6)c6ccccc6)n5)c(-c5ccc6c(c5)C(C)(C)c5ccccc5-6)c43)C(C1)C2. The van der Waals surface area contributed by atoms with E-state index < -0.39 is 5.41 Å². The van der Waals surface area contributed by atoms with Crippen LogP contribution in [-0.4, -0.2) is 15.0 Å². The predicted molar refractivity (Wildman–Crippen MR) is 307 cm³/mol. The number of hydrogen-bond acceptors (Lipinski definition) is 3. The first-order chi connectivity index (χ1) is 36.9. The molecule has 9 aromatic carbocycles. The number of aromatic nitrogens is 3. The minimum atomic E-state index is -0.561. The van der Waals surface area contributed by atoms with Gasteiger partial charge in [0, 0.05) is 27.5 Å². The van der Waals surface area contributed by atoms with Crippen molar-refractivity contribution in [3.05, 3.63) is 257 Å². The van der Waals surface area contributed by atoms with Gasteiger partial charge in [-0.3, -0.25) is 0 Å². The van der Waals surface area contributed by atoms with Crippen LogP contribution in [0.25, 0.3) is 78.7 Å². The number of nitrogens with zero attached hydrogens (tertiary/aromatic N) is 3. The number of hydrogen-bond donors (Lipinski definition) is 0. The molecular formula is C72H59N3. The Balaban J connectivity index is 1.02. The molecule has 3 nitrogen and oxygen atoms in total. The summed E-state index contributed by atoms with van der Waals surface area (Å²) in [7, 11) is 0. The summed E-state index contributed by atoms with van der Waals surface area (Å²) >= 11 is 0. The molecule has 1 spiro atoms. The zero-order valence-electron chi connectivity index (χ0n) is 43.0. The molecule has 0 saturated heterocycles. The lowest BCUT2D eigenvalue weighted by molar-refractivity contribution is 0.0780. The molecule has 4 atom stereocenters. The second-order valence-electron chi connectivity index (χ2n) is 22.9. The Morgan fingerprint density at radius 3 is 1.65 bits per heavy atom. The third-order valence-electron chi connectivity index (χ3n) is 19.0. The molecule has 0 aliphatic heterocycles. The van der Waals surface area contributed by atoms with Gasteiger partial charge >= 0.3 is 0 Å². The van der Waals surface area contributed by atoms with Gasteiger partial charge in [0.05, 0.1) is 5.41 Å². The number of benzene rings is 9. The molecule has 0 N–H and O–H groups in total. The lowest BCUT2D eigenvalue weighted by atomic mass is 9.52. The summed E-state index contributed by atoms with van der Waals surface area (Å²) in [6.45, 7) is 7.25. The molecule has 5 aliphatic carbocycles. The lowest BCUT2D eigenvalue weighted by Gasteiger charge is -2.51. The summed E-state index contributed by atoms with van der Waals surface area (Å²) in [5.41, 5.74) is 23.2. The quantitative estimate of drug-likeness (QED) is 0.160. The maximum Gasteiger partial charge on any atom is 0.164 e. The second-order valence-corrected chi connectivity index (χ2v) is 22.9. The van der Waals surface area contributed by atoms with E-state index in [0.717, 1.165) is 34.9 Å². The van der Waals surface area contributed by atoms with Gasteiger partial charge in [-0.05, 0) is 151 Å². The predicted octanol–water partition coefficient (Wildman–Crippen LogP) is 17.7. The monoisotopic (exact) mass is 965 g/mol. The average molecular weight is 966 g/mol. The zero-order chi connectivity index (χ0) is 50.0. The van der Waals surface area contributed by atoms with Crippen LogP contribution in [0.2, 0.25) is 0 Å². The first-order valence-corrected chi connectivity index (χ1v) is 27.6. The van der Waals surface area contributed by atoms with E-state index in [4.69, 9.17) is 15.0 Å². The Hall–Kier alpha value is -8.01. The summed E-state index contributed by atoms with van der Waals surface area (Å²) in [6, 6.07) is 79.2. The molecule has 362 valence electrons. The molecular weight excluding hydrogens is 907 g/mol. The fourth-order valence-electron chi connectivity index (χ4n) is 15.7. The summed E-state index contributed by atoms with van der Waals surface area (Å²) in [6.07, 6.45) is 7.55. The molecule has 0 radical (unpaired) electrons. The van der Waals surface area contributed by atoms with Crippen LogP contribution in [0, 0.1) is 17.8 Å². The van der Waals surface area contributed by atoms with Crippen molar-refractivity contribution >= 4 is 0 Å². The molecule has 10 aromatic rings. The van der Waals surface area contributed by atoms with Gasteiger partial charge in [-0.1, -0.05) is 227 Å².